The van der Waals surface area contributed by atoms with Gasteiger partial charge in [0.1, 0.15) is 5.82 Å². The van der Waals surface area contributed by atoms with E-state index in [2.05, 4.69) is 16.5 Å². The molecular formula is C16H20N2O3. The topological polar surface area (TPSA) is 64.3 Å². The van der Waals surface area contributed by atoms with E-state index < -0.39 is 5.97 Å². The molecule has 0 radical (unpaired) electrons. The van der Waals surface area contributed by atoms with E-state index in [1.165, 1.54) is 0 Å². The molecule has 1 fully saturated rings. The van der Waals surface area contributed by atoms with Gasteiger partial charge in [-0.1, -0.05) is 6.92 Å². The van der Waals surface area contributed by atoms with Gasteiger partial charge >= 0.3 is 5.97 Å². The summed E-state index contributed by atoms with van der Waals surface area (Å²) in [4.78, 5) is 15.6. The molecule has 0 saturated carbocycles. The Hall–Kier alpha value is -1.88. The quantitative estimate of drug-likeness (QED) is 0.943. The Morgan fingerprint density at radius 2 is 2.14 bits per heavy atom. The number of nitrogens with zero attached hydrogens (tertiary/aromatic N) is 2. The van der Waals surface area contributed by atoms with Crippen LogP contribution in [-0.4, -0.2) is 33.8 Å². The summed E-state index contributed by atoms with van der Waals surface area (Å²) >= 11 is 0. The Labute approximate surface area is 123 Å². The van der Waals surface area contributed by atoms with E-state index in [1.807, 2.05) is 13.0 Å². The van der Waals surface area contributed by atoms with E-state index in [1.54, 1.807) is 12.1 Å². The number of benzene rings is 1. The minimum absolute atomic E-state index is 0.210. The number of fused-ring (bicyclic) bond motifs is 1. The van der Waals surface area contributed by atoms with Crippen LogP contribution in [0.5, 0.6) is 0 Å². The van der Waals surface area contributed by atoms with E-state index in [9.17, 15) is 4.79 Å². The molecule has 2 aromatic rings. The van der Waals surface area contributed by atoms with Crippen LogP contribution in [0.15, 0.2) is 18.2 Å². The van der Waals surface area contributed by atoms with Gasteiger partial charge in [-0.2, -0.15) is 0 Å². The van der Waals surface area contributed by atoms with Gasteiger partial charge in [0.2, 0.25) is 0 Å². The van der Waals surface area contributed by atoms with Crippen molar-refractivity contribution in [3.8, 4) is 0 Å². The van der Waals surface area contributed by atoms with E-state index in [4.69, 9.17) is 9.84 Å². The normalized spacial score (nSPS) is 18.0. The van der Waals surface area contributed by atoms with Gasteiger partial charge in [0.15, 0.2) is 0 Å². The second kappa shape index (κ2) is 5.15. The lowest BCUT2D eigenvalue weighted by molar-refractivity contribution is 0.0158. The van der Waals surface area contributed by atoms with Crippen LogP contribution in [-0.2, 0) is 11.3 Å². The number of ether oxygens (including phenoxy) is 1. The van der Waals surface area contributed by atoms with Crippen LogP contribution < -0.4 is 0 Å². The lowest BCUT2D eigenvalue weighted by atomic mass is 9.82. The molecule has 21 heavy (non-hydrogen) atoms. The number of aromatic nitrogens is 2. The molecule has 112 valence electrons. The zero-order chi connectivity index (χ0) is 15.0. The average molecular weight is 288 g/mol. The molecule has 2 heterocycles. The molecular weight excluding hydrogens is 268 g/mol. The fourth-order valence-electron chi connectivity index (χ4n) is 2.99. The van der Waals surface area contributed by atoms with Gasteiger partial charge < -0.3 is 14.4 Å². The second-order valence-corrected chi connectivity index (χ2v) is 6.18. The Bertz CT molecular complexity index is 684. The third kappa shape index (κ3) is 2.65. The molecule has 1 aromatic heterocycles. The van der Waals surface area contributed by atoms with Crippen molar-refractivity contribution < 1.29 is 14.6 Å². The maximum absolute atomic E-state index is 11.1. The van der Waals surface area contributed by atoms with Crippen molar-refractivity contribution in [1.29, 1.82) is 0 Å². The Morgan fingerprint density at radius 1 is 1.43 bits per heavy atom. The lowest BCUT2D eigenvalue weighted by Crippen LogP contribution is -2.31. The number of carbonyl (C=O) groups is 1. The highest BCUT2D eigenvalue weighted by atomic mass is 16.5. The highest BCUT2D eigenvalue weighted by Crippen LogP contribution is 2.33. The lowest BCUT2D eigenvalue weighted by Gasteiger charge is -2.34. The first-order valence-electron chi connectivity index (χ1n) is 7.26. The molecule has 0 amide bonds. The van der Waals surface area contributed by atoms with E-state index >= 15 is 0 Å². The Balaban J connectivity index is 1.98. The van der Waals surface area contributed by atoms with Crippen LogP contribution in [0.3, 0.4) is 0 Å². The van der Waals surface area contributed by atoms with Crippen molar-refractivity contribution in [2.24, 2.45) is 5.41 Å². The van der Waals surface area contributed by atoms with E-state index in [0.29, 0.717) is 0 Å². The average Bonchev–Trinajstić information content (AvgIpc) is 2.74. The molecule has 1 N–H and O–H groups in total. The molecule has 5 nitrogen and oxygen atoms in total. The maximum atomic E-state index is 11.1. The number of carboxylic acids is 1. The van der Waals surface area contributed by atoms with Crippen LogP contribution >= 0.6 is 0 Å². The molecule has 0 spiro atoms. The van der Waals surface area contributed by atoms with Gasteiger partial charge in [0.25, 0.3) is 0 Å². The summed E-state index contributed by atoms with van der Waals surface area (Å²) in [6.07, 6.45) is 2.08. The fourth-order valence-corrected chi connectivity index (χ4v) is 2.99. The minimum Gasteiger partial charge on any atom is -0.478 e. The summed E-state index contributed by atoms with van der Waals surface area (Å²) in [7, 11) is 0. The molecule has 0 atom stereocenters. The van der Waals surface area contributed by atoms with Crippen molar-refractivity contribution in [3.05, 3.63) is 29.6 Å². The molecule has 1 aliphatic rings. The van der Waals surface area contributed by atoms with Crippen LogP contribution in [0.25, 0.3) is 11.0 Å². The number of hydrogen-bond acceptors (Lipinski definition) is 3. The zero-order valence-electron chi connectivity index (χ0n) is 12.4. The summed E-state index contributed by atoms with van der Waals surface area (Å²) in [5, 5.41) is 9.07. The summed E-state index contributed by atoms with van der Waals surface area (Å²) < 4.78 is 7.65. The number of aryl methyl sites for hydroxylation is 1. The molecule has 0 bridgehead atoms. The molecule has 5 heteroatoms. The van der Waals surface area contributed by atoms with Gasteiger partial charge in [-0.25, -0.2) is 9.78 Å². The SMILES string of the molecule is Cc1nc2cc(C(=O)O)ccc2n1CC1(C)CCOCC1. The Morgan fingerprint density at radius 3 is 2.81 bits per heavy atom. The van der Waals surface area contributed by atoms with Crippen molar-refractivity contribution in [2.45, 2.75) is 33.2 Å². The highest BCUT2D eigenvalue weighted by Gasteiger charge is 2.29. The molecule has 1 saturated heterocycles. The van der Waals surface area contributed by atoms with Gasteiger partial charge in [-0.3, -0.25) is 0 Å². The van der Waals surface area contributed by atoms with Gasteiger partial charge in [0, 0.05) is 19.8 Å². The number of carboxylic acid groups (broad SMARTS) is 1. The van der Waals surface area contributed by atoms with Crippen molar-refractivity contribution in [2.75, 3.05) is 13.2 Å². The highest BCUT2D eigenvalue weighted by molar-refractivity contribution is 5.92. The summed E-state index contributed by atoms with van der Waals surface area (Å²) in [6, 6.07) is 5.16. The predicted octanol–water partition coefficient (Wildman–Crippen LogP) is 2.86. The van der Waals surface area contributed by atoms with Crippen LogP contribution in [0.1, 0.15) is 35.9 Å². The molecule has 0 aliphatic carbocycles. The molecule has 1 aromatic carbocycles. The van der Waals surface area contributed by atoms with Crippen molar-refractivity contribution in [1.82, 2.24) is 9.55 Å². The van der Waals surface area contributed by atoms with Gasteiger partial charge in [-0.15, -0.1) is 0 Å². The molecule has 1 aliphatic heterocycles. The number of aromatic carboxylic acids is 1. The van der Waals surface area contributed by atoms with Crippen molar-refractivity contribution in [3.63, 3.8) is 0 Å². The first-order valence-corrected chi connectivity index (χ1v) is 7.26. The number of imidazole rings is 1. The third-order valence-electron chi connectivity index (χ3n) is 4.43. The Kier molecular flexibility index (Phi) is 3.45. The summed E-state index contributed by atoms with van der Waals surface area (Å²) in [5.41, 5.74) is 2.25. The van der Waals surface area contributed by atoms with Gasteiger partial charge in [0.05, 0.1) is 16.6 Å². The van der Waals surface area contributed by atoms with Crippen molar-refractivity contribution >= 4 is 17.0 Å². The minimum atomic E-state index is -0.916. The van der Waals surface area contributed by atoms with Crippen LogP contribution in [0.4, 0.5) is 0 Å². The van der Waals surface area contributed by atoms with E-state index in [0.717, 1.165) is 49.5 Å². The first-order chi connectivity index (χ1) is 9.98. The fraction of sp³-hybridized carbons (Fsp3) is 0.500. The number of hydrogen-bond donors (Lipinski definition) is 1. The van der Waals surface area contributed by atoms with Crippen LogP contribution in [0.2, 0.25) is 0 Å². The smallest absolute Gasteiger partial charge is 0.335 e. The maximum Gasteiger partial charge on any atom is 0.335 e. The van der Waals surface area contributed by atoms with E-state index in [-0.39, 0.29) is 11.0 Å². The summed E-state index contributed by atoms with van der Waals surface area (Å²) in [6.45, 7) is 6.78. The zero-order valence-corrected chi connectivity index (χ0v) is 12.4. The van der Waals surface area contributed by atoms with Gasteiger partial charge in [-0.05, 0) is 43.4 Å². The molecule has 0 unspecified atom stereocenters. The largest absolute Gasteiger partial charge is 0.478 e. The standard InChI is InChI=1S/C16H20N2O3/c1-11-17-13-9-12(15(19)20)3-4-14(13)18(11)10-16(2)5-7-21-8-6-16/h3-4,9H,5-8,10H2,1-2H3,(H,19,20). The monoisotopic (exact) mass is 288 g/mol. The second-order valence-electron chi connectivity index (χ2n) is 6.18. The van der Waals surface area contributed by atoms with Crippen LogP contribution in [0, 0.1) is 12.3 Å². The third-order valence-corrected chi connectivity index (χ3v) is 4.43. The predicted molar refractivity (Wildman–Crippen MR) is 79.6 cm³/mol. The molecule has 3 rings (SSSR count). The number of rotatable bonds is 3. The summed E-state index contributed by atoms with van der Waals surface area (Å²) in [5.74, 6) is 0.0146. The first kappa shape index (κ1) is 14.1.